The van der Waals surface area contributed by atoms with Crippen molar-refractivity contribution in [1.29, 1.82) is 0 Å². The number of hydrogen-bond acceptors (Lipinski definition) is 2. The zero-order valence-electron chi connectivity index (χ0n) is 16.3. The number of rotatable bonds is 5. The van der Waals surface area contributed by atoms with Gasteiger partial charge >= 0.3 is 0 Å². The number of benzene rings is 2. The average molecular weight is 365 g/mol. The van der Waals surface area contributed by atoms with E-state index in [2.05, 4.69) is 47.5 Å². The summed E-state index contributed by atoms with van der Waals surface area (Å²) >= 11 is 0. The second-order valence-corrected chi connectivity index (χ2v) is 8.04. The Bertz CT molecular complexity index is 794. The molecule has 4 heteroatoms. The highest BCUT2D eigenvalue weighted by atomic mass is 16.2. The number of nitrogens with zero attached hydrogens (tertiary/aromatic N) is 1. The number of quaternary nitrogens is 1. The van der Waals surface area contributed by atoms with Gasteiger partial charge < -0.3 is 15.1 Å². The zero-order chi connectivity index (χ0) is 18.6. The van der Waals surface area contributed by atoms with Crippen LogP contribution in [0, 0.1) is 6.92 Å². The summed E-state index contributed by atoms with van der Waals surface area (Å²) in [5.74, 6) is 0.0568. The van der Waals surface area contributed by atoms with Gasteiger partial charge in [-0.3, -0.25) is 4.79 Å². The van der Waals surface area contributed by atoms with Crippen molar-refractivity contribution in [1.82, 2.24) is 0 Å². The van der Waals surface area contributed by atoms with Gasteiger partial charge in [0.1, 0.15) is 6.54 Å². The Morgan fingerprint density at radius 3 is 2.63 bits per heavy atom. The van der Waals surface area contributed by atoms with Crippen LogP contribution in [-0.4, -0.2) is 32.1 Å². The number of nitrogens with one attached hydrogen (secondary N) is 2. The summed E-state index contributed by atoms with van der Waals surface area (Å²) in [4.78, 5) is 16.4. The van der Waals surface area contributed by atoms with E-state index in [9.17, 15) is 4.79 Å². The Balaban J connectivity index is 1.34. The van der Waals surface area contributed by atoms with Gasteiger partial charge in [0.05, 0.1) is 19.6 Å². The molecule has 0 atom stereocenters. The summed E-state index contributed by atoms with van der Waals surface area (Å²) < 4.78 is 0. The molecule has 0 unspecified atom stereocenters. The highest BCUT2D eigenvalue weighted by Gasteiger charge is 2.19. The molecule has 1 fully saturated rings. The molecule has 1 amide bonds. The number of amides is 1. The lowest BCUT2D eigenvalue weighted by Crippen LogP contribution is -3.08. The van der Waals surface area contributed by atoms with Crippen LogP contribution in [0.5, 0.6) is 0 Å². The van der Waals surface area contributed by atoms with E-state index in [1.165, 1.54) is 48.3 Å². The predicted octanol–water partition coefficient (Wildman–Crippen LogP) is 2.57. The van der Waals surface area contributed by atoms with Gasteiger partial charge in [-0.1, -0.05) is 29.8 Å². The van der Waals surface area contributed by atoms with Gasteiger partial charge in [-0.2, -0.15) is 0 Å². The quantitative estimate of drug-likeness (QED) is 0.856. The molecule has 4 rings (SSSR count). The first-order valence-electron chi connectivity index (χ1n) is 10.2. The molecular formula is C23H30N3O+. The van der Waals surface area contributed by atoms with Crippen LogP contribution in [0.3, 0.4) is 0 Å². The SMILES string of the molecule is Cc1ccc2c(c1)CCCN2CC(=O)Nc1ccc(C[NH+]2CCCC2)cc1. The van der Waals surface area contributed by atoms with Crippen molar-refractivity contribution in [3.8, 4) is 0 Å². The van der Waals surface area contributed by atoms with Gasteiger partial charge in [-0.05, 0) is 43.5 Å². The van der Waals surface area contributed by atoms with Gasteiger partial charge in [0, 0.05) is 36.3 Å². The summed E-state index contributed by atoms with van der Waals surface area (Å²) in [6.07, 6.45) is 4.91. The first kappa shape index (κ1) is 18.1. The van der Waals surface area contributed by atoms with Gasteiger partial charge in [0.15, 0.2) is 0 Å². The normalized spacial score (nSPS) is 17.0. The van der Waals surface area contributed by atoms with Crippen molar-refractivity contribution in [3.63, 3.8) is 0 Å². The lowest BCUT2D eigenvalue weighted by atomic mass is 9.99. The summed E-state index contributed by atoms with van der Waals surface area (Å²) in [5, 5.41) is 3.06. The molecule has 0 saturated carbocycles. The zero-order valence-corrected chi connectivity index (χ0v) is 16.3. The number of fused-ring (bicyclic) bond motifs is 1. The minimum atomic E-state index is 0.0568. The number of carbonyl (C=O) groups excluding carboxylic acids is 1. The van der Waals surface area contributed by atoms with Crippen molar-refractivity contribution in [3.05, 3.63) is 59.2 Å². The standard InChI is InChI=1S/C23H29N3O/c1-18-6-11-22-20(15-18)5-4-14-26(22)17-23(27)24-21-9-7-19(8-10-21)16-25-12-2-3-13-25/h6-11,15H,2-5,12-14,16-17H2,1H3,(H,24,27)/p+1. The summed E-state index contributed by atoms with van der Waals surface area (Å²) in [7, 11) is 0. The first-order valence-corrected chi connectivity index (χ1v) is 10.2. The average Bonchev–Trinajstić information content (AvgIpc) is 3.16. The molecule has 142 valence electrons. The maximum atomic E-state index is 12.6. The molecule has 2 aromatic carbocycles. The summed E-state index contributed by atoms with van der Waals surface area (Å²) in [6.45, 7) is 7.15. The van der Waals surface area contributed by atoms with Gasteiger partial charge in [-0.15, -0.1) is 0 Å². The molecule has 1 saturated heterocycles. The van der Waals surface area contributed by atoms with Crippen LogP contribution in [0.15, 0.2) is 42.5 Å². The van der Waals surface area contributed by atoms with E-state index in [-0.39, 0.29) is 5.91 Å². The molecule has 2 aliphatic rings. The second kappa shape index (κ2) is 8.13. The smallest absolute Gasteiger partial charge is 0.243 e. The van der Waals surface area contributed by atoms with Gasteiger partial charge in [-0.25, -0.2) is 0 Å². The fourth-order valence-electron chi connectivity index (χ4n) is 4.39. The third kappa shape index (κ3) is 4.51. The highest BCUT2D eigenvalue weighted by molar-refractivity contribution is 5.94. The molecule has 0 radical (unpaired) electrons. The minimum Gasteiger partial charge on any atom is -0.362 e. The van der Waals surface area contributed by atoms with E-state index in [1.807, 2.05) is 12.1 Å². The summed E-state index contributed by atoms with van der Waals surface area (Å²) in [5.41, 5.74) is 6.11. The molecule has 0 bridgehead atoms. The van der Waals surface area contributed by atoms with Crippen molar-refractivity contribution in [2.75, 3.05) is 36.4 Å². The Labute approximate surface area is 162 Å². The molecule has 2 aliphatic heterocycles. The molecule has 2 heterocycles. The third-order valence-electron chi connectivity index (χ3n) is 5.79. The monoisotopic (exact) mass is 364 g/mol. The fourth-order valence-corrected chi connectivity index (χ4v) is 4.39. The van der Waals surface area contributed by atoms with E-state index < -0.39 is 0 Å². The van der Waals surface area contributed by atoms with Crippen molar-refractivity contribution in [2.45, 2.75) is 39.2 Å². The maximum Gasteiger partial charge on any atom is 0.243 e. The number of anilines is 2. The van der Waals surface area contributed by atoms with Gasteiger partial charge in [0.2, 0.25) is 5.91 Å². The lowest BCUT2D eigenvalue weighted by Gasteiger charge is -2.31. The number of hydrogen-bond donors (Lipinski definition) is 2. The molecular weight excluding hydrogens is 334 g/mol. The molecule has 0 aliphatic carbocycles. The Morgan fingerprint density at radius 1 is 1.07 bits per heavy atom. The first-order chi connectivity index (χ1) is 13.2. The molecule has 4 nitrogen and oxygen atoms in total. The fraction of sp³-hybridized carbons (Fsp3) is 0.435. The Kier molecular flexibility index (Phi) is 5.44. The molecule has 0 aromatic heterocycles. The van der Waals surface area contributed by atoms with Crippen LogP contribution in [-0.2, 0) is 17.8 Å². The van der Waals surface area contributed by atoms with Crippen molar-refractivity contribution < 1.29 is 9.69 Å². The predicted molar refractivity (Wildman–Crippen MR) is 110 cm³/mol. The van der Waals surface area contributed by atoms with Crippen molar-refractivity contribution in [2.24, 2.45) is 0 Å². The number of aryl methyl sites for hydroxylation is 2. The maximum absolute atomic E-state index is 12.6. The van der Waals surface area contributed by atoms with Crippen LogP contribution in [0.2, 0.25) is 0 Å². The lowest BCUT2D eigenvalue weighted by molar-refractivity contribution is -0.901. The van der Waals surface area contributed by atoms with Crippen molar-refractivity contribution >= 4 is 17.3 Å². The van der Waals surface area contributed by atoms with Crippen LogP contribution < -0.4 is 15.1 Å². The van der Waals surface area contributed by atoms with E-state index in [0.29, 0.717) is 6.54 Å². The van der Waals surface area contributed by atoms with Crippen LogP contribution in [0.1, 0.15) is 36.0 Å². The number of carbonyl (C=O) groups is 1. The van der Waals surface area contributed by atoms with Crippen LogP contribution in [0.4, 0.5) is 11.4 Å². The second-order valence-electron chi connectivity index (χ2n) is 8.04. The Hall–Kier alpha value is -2.33. The number of likely N-dealkylation sites (tertiary alicyclic amines) is 1. The molecule has 2 N–H and O–H groups in total. The summed E-state index contributed by atoms with van der Waals surface area (Å²) in [6, 6.07) is 14.9. The topological polar surface area (TPSA) is 36.8 Å². The van der Waals surface area contributed by atoms with Crippen LogP contribution in [0.25, 0.3) is 0 Å². The van der Waals surface area contributed by atoms with Gasteiger partial charge in [0.25, 0.3) is 0 Å². The molecule has 0 spiro atoms. The van der Waals surface area contributed by atoms with Crippen LogP contribution >= 0.6 is 0 Å². The largest absolute Gasteiger partial charge is 0.362 e. The molecule has 27 heavy (non-hydrogen) atoms. The van der Waals surface area contributed by atoms with E-state index in [0.717, 1.165) is 31.6 Å². The Morgan fingerprint density at radius 2 is 1.85 bits per heavy atom. The van der Waals surface area contributed by atoms with E-state index >= 15 is 0 Å². The van der Waals surface area contributed by atoms with E-state index in [4.69, 9.17) is 0 Å². The van der Waals surface area contributed by atoms with E-state index in [1.54, 1.807) is 4.90 Å². The molecule has 2 aromatic rings. The third-order valence-corrected chi connectivity index (χ3v) is 5.79. The minimum absolute atomic E-state index is 0.0568. The highest BCUT2D eigenvalue weighted by Crippen LogP contribution is 2.27.